The Morgan fingerprint density at radius 2 is 1.65 bits per heavy atom. The Balaban J connectivity index is 1.62. The van der Waals surface area contributed by atoms with Crippen LogP contribution in [-0.2, 0) is 33.1 Å². The van der Waals surface area contributed by atoms with Gasteiger partial charge in [0.2, 0.25) is 25.9 Å². The smallest absolute Gasteiger partial charge is 0.243 e. The Labute approximate surface area is 263 Å². The SMILES string of the molecule is COc1ccc(CNS(=O)(=O)c2c(S(N)(=O)=O)cc(C3CCNC3)c(I)c2-c2nnn(Cc3ccc(OC)cc3)n2)cc1. The van der Waals surface area contributed by atoms with E-state index in [1.165, 1.54) is 18.0 Å². The first-order valence-corrected chi connectivity index (χ1v) is 17.2. The van der Waals surface area contributed by atoms with E-state index in [4.69, 9.17) is 14.6 Å². The first kappa shape index (κ1) is 31.3. The summed E-state index contributed by atoms with van der Waals surface area (Å²) in [7, 11) is -5.88. The van der Waals surface area contributed by atoms with Gasteiger partial charge < -0.3 is 14.8 Å². The second kappa shape index (κ2) is 12.8. The summed E-state index contributed by atoms with van der Waals surface area (Å²) < 4.78 is 67.3. The van der Waals surface area contributed by atoms with Crippen LogP contribution in [0.3, 0.4) is 0 Å². The molecule has 13 nitrogen and oxygen atoms in total. The highest BCUT2D eigenvalue weighted by molar-refractivity contribution is 14.1. The number of nitrogens with two attached hydrogens (primary N) is 1. The van der Waals surface area contributed by atoms with Crippen LogP contribution in [0.25, 0.3) is 11.4 Å². The molecule has 3 aromatic carbocycles. The van der Waals surface area contributed by atoms with Crippen LogP contribution in [-0.4, -0.2) is 64.4 Å². The van der Waals surface area contributed by atoms with E-state index >= 15 is 0 Å². The van der Waals surface area contributed by atoms with Crippen molar-refractivity contribution < 1.29 is 26.3 Å². The number of nitrogens with one attached hydrogen (secondary N) is 2. The maximum atomic E-state index is 14.0. The molecule has 43 heavy (non-hydrogen) atoms. The summed E-state index contributed by atoms with van der Waals surface area (Å²) in [5, 5.41) is 21.7. The third-order valence-corrected chi connectivity index (χ3v) is 10.8. The van der Waals surface area contributed by atoms with Gasteiger partial charge in [0.1, 0.15) is 21.3 Å². The van der Waals surface area contributed by atoms with Gasteiger partial charge in [-0.05, 0) is 93.7 Å². The number of halogens is 1. The number of benzene rings is 3. The number of primary sulfonamides is 1. The van der Waals surface area contributed by atoms with Crippen molar-refractivity contribution in [2.45, 2.75) is 35.2 Å². The minimum absolute atomic E-state index is 0.0252. The molecule has 1 atom stereocenters. The molecule has 0 aliphatic carbocycles. The van der Waals surface area contributed by atoms with Crippen LogP contribution in [0.4, 0.5) is 0 Å². The van der Waals surface area contributed by atoms with E-state index in [1.54, 1.807) is 43.5 Å². The molecule has 4 N–H and O–H groups in total. The quantitative estimate of drug-likeness (QED) is 0.193. The second-order valence-corrected chi connectivity index (χ2v) is 14.2. The minimum atomic E-state index is -4.51. The Hall–Kier alpha value is -3.16. The van der Waals surface area contributed by atoms with E-state index in [0.717, 1.165) is 18.5 Å². The topological polar surface area (TPSA) is 180 Å². The standard InChI is InChI=1S/C27H30IN7O6S2/c1-40-20-7-3-17(4-8-20)14-31-43(38,39)26-23(42(29,36)37)13-22(19-11-12-30-15-19)25(28)24(26)27-32-34-35(33-27)16-18-5-9-21(41-2)10-6-18/h3-10,13,19,30-31H,11-12,14-16H2,1-2H3,(H2,29,36,37). The van der Waals surface area contributed by atoms with E-state index < -0.39 is 29.8 Å². The zero-order valence-corrected chi connectivity index (χ0v) is 27.1. The lowest BCUT2D eigenvalue weighted by molar-refractivity contribution is 0.414. The maximum absolute atomic E-state index is 14.0. The van der Waals surface area contributed by atoms with Crippen molar-refractivity contribution >= 4 is 42.6 Å². The predicted molar refractivity (Wildman–Crippen MR) is 167 cm³/mol. The molecule has 0 amide bonds. The number of aromatic nitrogens is 4. The number of hydrogen-bond donors (Lipinski definition) is 3. The third kappa shape index (κ3) is 6.99. The van der Waals surface area contributed by atoms with Gasteiger partial charge >= 0.3 is 0 Å². The first-order valence-electron chi connectivity index (χ1n) is 13.1. The summed E-state index contributed by atoms with van der Waals surface area (Å²) in [6, 6.07) is 15.5. The van der Waals surface area contributed by atoms with Gasteiger partial charge in [0.25, 0.3) is 0 Å². The highest BCUT2D eigenvalue weighted by Crippen LogP contribution is 2.40. The number of hydrogen-bond acceptors (Lipinski definition) is 10. The molecule has 1 aliphatic rings. The summed E-state index contributed by atoms with van der Waals surface area (Å²) in [5.41, 5.74) is 2.15. The number of rotatable bonds is 11. The lowest BCUT2D eigenvalue weighted by Gasteiger charge is -2.20. The number of sulfonamides is 2. The zero-order chi connectivity index (χ0) is 30.8. The molecule has 5 rings (SSSR count). The zero-order valence-electron chi connectivity index (χ0n) is 23.3. The number of ether oxygens (including phenoxy) is 2. The van der Waals surface area contributed by atoms with Gasteiger partial charge in [0.05, 0.1) is 26.3 Å². The fourth-order valence-electron chi connectivity index (χ4n) is 4.83. The molecular formula is C27H30IN7O6S2. The molecule has 1 unspecified atom stereocenters. The molecule has 16 heteroatoms. The fraction of sp³-hybridized carbons (Fsp3) is 0.296. The van der Waals surface area contributed by atoms with Crippen molar-refractivity contribution in [1.29, 1.82) is 0 Å². The molecule has 1 aromatic heterocycles. The van der Waals surface area contributed by atoms with Crippen molar-refractivity contribution in [3.63, 3.8) is 0 Å². The Morgan fingerprint density at radius 1 is 1.02 bits per heavy atom. The van der Waals surface area contributed by atoms with Gasteiger partial charge in [0.15, 0.2) is 0 Å². The van der Waals surface area contributed by atoms with E-state index in [2.05, 4.69) is 25.4 Å². The molecule has 0 bridgehead atoms. The van der Waals surface area contributed by atoms with Crippen LogP contribution in [0.1, 0.15) is 29.0 Å². The Morgan fingerprint density at radius 3 is 2.21 bits per heavy atom. The van der Waals surface area contributed by atoms with Gasteiger partial charge in [-0.15, -0.1) is 10.2 Å². The van der Waals surface area contributed by atoms with Crippen LogP contribution in [0, 0.1) is 3.57 Å². The average Bonchev–Trinajstić information content (AvgIpc) is 3.69. The number of methoxy groups -OCH3 is 2. The van der Waals surface area contributed by atoms with Crippen molar-refractivity contribution in [2.75, 3.05) is 27.3 Å². The van der Waals surface area contributed by atoms with E-state index in [9.17, 15) is 16.8 Å². The molecule has 2 heterocycles. The lowest BCUT2D eigenvalue weighted by atomic mass is 9.96. The van der Waals surface area contributed by atoms with E-state index in [1.807, 2.05) is 34.7 Å². The molecule has 0 radical (unpaired) electrons. The van der Waals surface area contributed by atoms with E-state index in [-0.39, 0.29) is 30.4 Å². The molecule has 228 valence electrons. The molecule has 1 aliphatic heterocycles. The summed E-state index contributed by atoms with van der Waals surface area (Å²) in [6.45, 7) is 1.46. The Bertz CT molecular complexity index is 1820. The largest absolute Gasteiger partial charge is 0.497 e. The highest BCUT2D eigenvalue weighted by atomic mass is 127. The lowest BCUT2D eigenvalue weighted by Crippen LogP contribution is -2.28. The van der Waals surface area contributed by atoms with Crippen LogP contribution in [0.15, 0.2) is 64.4 Å². The summed E-state index contributed by atoms with van der Waals surface area (Å²) in [5.74, 6) is 1.20. The van der Waals surface area contributed by atoms with E-state index in [0.29, 0.717) is 32.7 Å². The first-order chi connectivity index (χ1) is 20.5. The normalized spacial score (nSPS) is 15.5. The predicted octanol–water partition coefficient (Wildman–Crippen LogP) is 2.21. The molecular weight excluding hydrogens is 709 g/mol. The van der Waals surface area contributed by atoms with Crippen LogP contribution in [0.5, 0.6) is 11.5 Å². The van der Waals surface area contributed by atoms with Crippen molar-refractivity contribution in [3.8, 4) is 22.9 Å². The average molecular weight is 740 g/mol. The van der Waals surface area contributed by atoms with Crippen LogP contribution < -0.4 is 24.7 Å². The highest BCUT2D eigenvalue weighted by Gasteiger charge is 2.35. The van der Waals surface area contributed by atoms with Crippen molar-refractivity contribution in [1.82, 2.24) is 30.2 Å². The fourth-order valence-corrected chi connectivity index (χ4v) is 8.74. The number of nitrogens with zero attached hydrogens (tertiary/aromatic N) is 4. The van der Waals surface area contributed by atoms with Crippen LogP contribution >= 0.6 is 22.6 Å². The molecule has 0 spiro atoms. The van der Waals surface area contributed by atoms with Gasteiger partial charge in [-0.3, -0.25) is 0 Å². The Kier molecular flexibility index (Phi) is 9.33. The molecule has 1 saturated heterocycles. The third-order valence-electron chi connectivity index (χ3n) is 7.07. The molecule has 4 aromatic rings. The van der Waals surface area contributed by atoms with Crippen molar-refractivity contribution in [2.24, 2.45) is 5.14 Å². The summed E-state index contributed by atoms with van der Waals surface area (Å²) in [6.07, 6.45) is 0.735. The molecule has 0 saturated carbocycles. The summed E-state index contributed by atoms with van der Waals surface area (Å²) in [4.78, 5) is 0.264. The molecule has 1 fully saturated rings. The van der Waals surface area contributed by atoms with Gasteiger partial charge in [0, 0.05) is 16.7 Å². The second-order valence-electron chi connectivity index (χ2n) is 9.88. The van der Waals surface area contributed by atoms with Gasteiger partial charge in [-0.25, -0.2) is 26.7 Å². The van der Waals surface area contributed by atoms with Gasteiger partial charge in [-0.2, -0.15) is 4.80 Å². The van der Waals surface area contributed by atoms with Crippen molar-refractivity contribution in [3.05, 3.63) is 74.9 Å². The number of tetrazole rings is 1. The monoisotopic (exact) mass is 739 g/mol. The minimum Gasteiger partial charge on any atom is -0.497 e. The van der Waals surface area contributed by atoms with Crippen LogP contribution in [0.2, 0.25) is 0 Å². The maximum Gasteiger partial charge on any atom is 0.243 e. The summed E-state index contributed by atoms with van der Waals surface area (Å²) >= 11 is 2.03. The van der Waals surface area contributed by atoms with Gasteiger partial charge in [-0.1, -0.05) is 24.3 Å².